The summed E-state index contributed by atoms with van der Waals surface area (Å²) in [5, 5.41) is 28.9. The number of carboxylic acid groups (broad SMARTS) is 2. The van der Waals surface area contributed by atoms with Gasteiger partial charge in [0.05, 0.1) is 6.10 Å². The van der Waals surface area contributed by atoms with Gasteiger partial charge in [0.2, 0.25) is 0 Å². The SMILES string of the molecule is CCCCCCCCCCCCCCCCN[C@@H](CCSC)C(=O)O.C[C@@H](O)[C@H](N)C(=O)O. The molecule has 0 aromatic rings. The van der Waals surface area contributed by atoms with Gasteiger partial charge in [0, 0.05) is 0 Å². The lowest BCUT2D eigenvalue weighted by atomic mass is 10.0. The Morgan fingerprint density at radius 2 is 1.24 bits per heavy atom. The normalized spacial score (nSPS) is 13.6. The summed E-state index contributed by atoms with van der Waals surface area (Å²) in [5.41, 5.74) is 4.91. The highest BCUT2D eigenvalue weighted by molar-refractivity contribution is 7.98. The molecule has 6 N–H and O–H groups in total. The molecule has 0 rings (SSSR count). The molecule has 0 aromatic heterocycles. The molecule has 3 atom stereocenters. The van der Waals surface area contributed by atoms with Crippen LogP contribution in [-0.2, 0) is 9.59 Å². The first-order valence-electron chi connectivity index (χ1n) is 12.9. The number of rotatable bonds is 22. The third-order valence-corrected chi connectivity index (χ3v) is 6.28. The van der Waals surface area contributed by atoms with Gasteiger partial charge in [-0.15, -0.1) is 0 Å². The molecule has 0 fully saturated rings. The third kappa shape index (κ3) is 25.6. The second-order valence-electron chi connectivity index (χ2n) is 8.83. The van der Waals surface area contributed by atoms with E-state index < -0.39 is 24.1 Å². The second kappa shape index (κ2) is 25.8. The molecule has 198 valence electrons. The van der Waals surface area contributed by atoms with Gasteiger partial charge >= 0.3 is 11.9 Å². The van der Waals surface area contributed by atoms with E-state index in [0.29, 0.717) is 0 Å². The molecule has 8 heteroatoms. The minimum atomic E-state index is -1.18. The molecule has 0 aliphatic carbocycles. The molecule has 0 saturated carbocycles. The van der Waals surface area contributed by atoms with Crippen molar-refractivity contribution in [3.63, 3.8) is 0 Å². The maximum absolute atomic E-state index is 11.1. The van der Waals surface area contributed by atoms with Crippen LogP contribution >= 0.6 is 11.8 Å². The van der Waals surface area contributed by atoms with Crippen molar-refractivity contribution in [3.05, 3.63) is 0 Å². The number of hydrogen-bond acceptors (Lipinski definition) is 6. The molecule has 0 unspecified atom stereocenters. The highest BCUT2D eigenvalue weighted by Crippen LogP contribution is 2.13. The highest BCUT2D eigenvalue weighted by atomic mass is 32.2. The zero-order valence-corrected chi connectivity index (χ0v) is 22.2. The smallest absolute Gasteiger partial charge is 0.323 e. The zero-order valence-electron chi connectivity index (χ0n) is 21.4. The first-order chi connectivity index (χ1) is 15.8. The molecule has 0 aliphatic rings. The molecule has 0 amide bonds. The molecule has 0 radical (unpaired) electrons. The minimum absolute atomic E-state index is 0.366. The predicted octanol–water partition coefficient (Wildman–Crippen LogP) is 5.04. The van der Waals surface area contributed by atoms with Crippen LogP contribution in [0.1, 0.15) is 110 Å². The summed E-state index contributed by atoms with van der Waals surface area (Å²) in [5.74, 6) is -0.984. The predicted molar refractivity (Wildman–Crippen MR) is 140 cm³/mol. The Balaban J connectivity index is 0. The second-order valence-corrected chi connectivity index (χ2v) is 9.81. The summed E-state index contributed by atoms with van der Waals surface area (Å²) in [7, 11) is 0. The van der Waals surface area contributed by atoms with Gasteiger partial charge < -0.3 is 26.4 Å². The van der Waals surface area contributed by atoms with Crippen molar-refractivity contribution in [1.82, 2.24) is 5.32 Å². The maximum Gasteiger partial charge on any atom is 0.323 e. The molecule has 0 aliphatic heterocycles. The molecular formula is C25H52N2O5S. The highest BCUT2D eigenvalue weighted by Gasteiger charge is 2.16. The lowest BCUT2D eigenvalue weighted by Crippen LogP contribution is -2.39. The monoisotopic (exact) mass is 492 g/mol. The fourth-order valence-corrected chi connectivity index (χ4v) is 3.82. The Hall–Kier alpha value is -0.830. The number of aliphatic hydroxyl groups is 1. The van der Waals surface area contributed by atoms with Crippen molar-refractivity contribution in [2.45, 2.75) is 128 Å². The number of thioether (sulfide) groups is 1. The van der Waals surface area contributed by atoms with E-state index in [9.17, 15) is 9.59 Å². The van der Waals surface area contributed by atoms with Crippen LogP contribution in [0.5, 0.6) is 0 Å². The summed E-state index contributed by atoms with van der Waals surface area (Å²) in [4.78, 5) is 21.0. The van der Waals surface area contributed by atoms with E-state index in [2.05, 4.69) is 12.2 Å². The van der Waals surface area contributed by atoms with E-state index in [4.69, 9.17) is 21.1 Å². The molecule has 0 bridgehead atoms. The van der Waals surface area contributed by atoms with E-state index in [1.165, 1.54) is 90.4 Å². The van der Waals surface area contributed by atoms with Crippen molar-refractivity contribution in [2.24, 2.45) is 5.73 Å². The van der Waals surface area contributed by atoms with Gasteiger partial charge in [-0.3, -0.25) is 9.59 Å². The lowest BCUT2D eigenvalue weighted by Gasteiger charge is -2.13. The number of hydrogen-bond donors (Lipinski definition) is 5. The number of nitrogens with one attached hydrogen (secondary N) is 1. The molecular weight excluding hydrogens is 440 g/mol. The van der Waals surface area contributed by atoms with E-state index in [0.717, 1.165) is 25.1 Å². The molecule has 0 saturated heterocycles. The van der Waals surface area contributed by atoms with Crippen molar-refractivity contribution in [1.29, 1.82) is 0 Å². The van der Waals surface area contributed by atoms with Crippen molar-refractivity contribution >= 4 is 23.7 Å². The molecule has 0 spiro atoms. The fourth-order valence-electron chi connectivity index (χ4n) is 3.35. The average molecular weight is 493 g/mol. The van der Waals surface area contributed by atoms with Gasteiger partial charge in [-0.1, -0.05) is 90.4 Å². The van der Waals surface area contributed by atoms with E-state index >= 15 is 0 Å². The zero-order chi connectivity index (χ0) is 25.3. The molecule has 0 aromatic carbocycles. The van der Waals surface area contributed by atoms with Gasteiger partial charge in [-0.05, 0) is 38.3 Å². The van der Waals surface area contributed by atoms with Crippen molar-refractivity contribution in [3.8, 4) is 0 Å². The summed E-state index contributed by atoms with van der Waals surface area (Å²) in [6.45, 7) is 4.44. The summed E-state index contributed by atoms with van der Waals surface area (Å²) in [6.07, 6.45) is 20.8. The van der Waals surface area contributed by atoms with Gasteiger partial charge in [-0.25, -0.2) is 0 Å². The first-order valence-corrected chi connectivity index (χ1v) is 14.3. The summed E-state index contributed by atoms with van der Waals surface area (Å²) >= 11 is 1.71. The topological polar surface area (TPSA) is 133 Å². The van der Waals surface area contributed by atoms with Crippen LogP contribution in [0.25, 0.3) is 0 Å². The van der Waals surface area contributed by atoms with E-state index in [-0.39, 0.29) is 6.04 Å². The van der Waals surface area contributed by atoms with E-state index in [1.54, 1.807) is 11.8 Å². The Bertz CT molecular complexity index is 453. The van der Waals surface area contributed by atoms with Crippen molar-refractivity contribution < 1.29 is 24.9 Å². The minimum Gasteiger partial charge on any atom is -0.480 e. The Morgan fingerprint density at radius 3 is 1.55 bits per heavy atom. The summed E-state index contributed by atoms with van der Waals surface area (Å²) in [6, 6.07) is -1.52. The Morgan fingerprint density at radius 1 is 0.818 bits per heavy atom. The lowest BCUT2D eigenvalue weighted by molar-refractivity contribution is -0.141. The quantitative estimate of drug-likeness (QED) is 0.133. The van der Waals surface area contributed by atoms with Gasteiger partial charge in [-0.2, -0.15) is 11.8 Å². The van der Waals surface area contributed by atoms with Crippen LogP contribution in [0.15, 0.2) is 0 Å². The Labute approximate surface area is 206 Å². The van der Waals surface area contributed by atoms with Crippen LogP contribution in [0.4, 0.5) is 0 Å². The number of unbranched alkanes of at least 4 members (excludes halogenated alkanes) is 13. The van der Waals surface area contributed by atoms with E-state index in [1.807, 2.05) is 6.26 Å². The number of carbonyl (C=O) groups is 2. The first kappa shape index (κ1) is 34.3. The van der Waals surface area contributed by atoms with Gasteiger partial charge in [0.25, 0.3) is 0 Å². The third-order valence-electron chi connectivity index (χ3n) is 5.63. The maximum atomic E-state index is 11.1. The standard InChI is InChI=1S/C21H43NO2S.C4H9NO3/c1-3-4-5-6-7-8-9-10-11-12-13-14-15-16-18-22-20(21(23)24)17-19-25-2;1-2(6)3(5)4(7)8/h20,22H,3-19H2,1-2H3,(H,23,24);2-3,6H,5H2,1H3,(H,7,8)/t20-;2-,3+/m01/s1. The van der Waals surface area contributed by atoms with Crippen LogP contribution < -0.4 is 11.1 Å². The average Bonchev–Trinajstić information content (AvgIpc) is 2.77. The summed E-state index contributed by atoms with van der Waals surface area (Å²) < 4.78 is 0. The number of aliphatic carboxylic acids is 2. The van der Waals surface area contributed by atoms with Crippen LogP contribution in [-0.4, -0.2) is 64.0 Å². The van der Waals surface area contributed by atoms with Crippen LogP contribution in [0.3, 0.4) is 0 Å². The number of aliphatic hydroxyl groups excluding tert-OH is 1. The van der Waals surface area contributed by atoms with Gasteiger partial charge in [0.15, 0.2) is 0 Å². The number of nitrogens with two attached hydrogens (primary N) is 1. The van der Waals surface area contributed by atoms with Gasteiger partial charge in [0.1, 0.15) is 12.1 Å². The van der Waals surface area contributed by atoms with Crippen molar-refractivity contribution in [2.75, 3.05) is 18.6 Å². The molecule has 7 nitrogen and oxygen atoms in total. The molecule has 0 heterocycles. The van der Waals surface area contributed by atoms with Crippen LogP contribution in [0.2, 0.25) is 0 Å². The Kier molecular flexibility index (Phi) is 26.8. The fraction of sp³-hybridized carbons (Fsp3) is 0.920. The van der Waals surface area contributed by atoms with Crippen LogP contribution in [0, 0.1) is 0 Å². The molecule has 33 heavy (non-hydrogen) atoms. The number of carboxylic acids is 2. The largest absolute Gasteiger partial charge is 0.480 e.